The summed E-state index contributed by atoms with van der Waals surface area (Å²) < 4.78 is 4.98. The molecule has 0 aliphatic rings. The molecule has 0 aliphatic heterocycles. The van der Waals surface area contributed by atoms with Crippen LogP contribution in [0.5, 0.6) is 0 Å². The van der Waals surface area contributed by atoms with Gasteiger partial charge in [-0.05, 0) is 18.6 Å². The van der Waals surface area contributed by atoms with E-state index in [-0.39, 0.29) is 0 Å². The fraction of sp³-hybridized carbons (Fsp3) is 0.500. The van der Waals surface area contributed by atoms with Gasteiger partial charge in [-0.1, -0.05) is 6.07 Å². The number of likely N-dealkylation sites (N-methyl/N-ethyl adjacent to an activating group) is 1. The number of rotatable bonds is 6. The van der Waals surface area contributed by atoms with E-state index in [1.54, 1.807) is 26.3 Å². The SMILES string of the molecule is COCCN(C)c1ccc(C(C)C(=O)O)cn1. The Balaban J connectivity index is 2.70. The average Bonchev–Trinajstić information content (AvgIpc) is 2.35. The van der Waals surface area contributed by atoms with Gasteiger partial charge in [0.1, 0.15) is 5.82 Å². The van der Waals surface area contributed by atoms with Crippen LogP contribution in [-0.4, -0.2) is 43.4 Å². The zero-order valence-corrected chi connectivity index (χ0v) is 10.4. The molecule has 94 valence electrons. The van der Waals surface area contributed by atoms with Crippen LogP contribution < -0.4 is 4.90 Å². The number of aliphatic carboxylic acids is 1. The van der Waals surface area contributed by atoms with Crippen molar-refractivity contribution in [1.29, 1.82) is 0 Å². The minimum atomic E-state index is -0.840. The van der Waals surface area contributed by atoms with E-state index >= 15 is 0 Å². The number of anilines is 1. The normalized spacial score (nSPS) is 12.2. The molecule has 0 amide bonds. The molecule has 1 aromatic rings. The minimum Gasteiger partial charge on any atom is -0.481 e. The molecule has 0 fully saturated rings. The van der Waals surface area contributed by atoms with Gasteiger partial charge in [-0.15, -0.1) is 0 Å². The highest BCUT2D eigenvalue weighted by Crippen LogP contribution is 2.17. The van der Waals surface area contributed by atoms with Crippen molar-refractivity contribution in [3.8, 4) is 0 Å². The Hall–Kier alpha value is -1.62. The third-order valence-electron chi connectivity index (χ3n) is 2.66. The fourth-order valence-electron chi connectivity index (χ4n) is 1.36. The van der Waals surface area contributed by atoms with Crippen molar-refractivity contribution in [3.63, 3.8) is 0 Å². The average molecular weight is 238 g/mol. The van der Waals surface area contributed by atoms with Crippen molar-refractivity contribution in [2.45, 2.75) is 12.8 Å². The van der Waals surface area contributed by atoms with Gasteiger partial charge in [0.05, 0.1) is 12.5 Å². The lowest BCUT2D eigenvalue weighted by molar-refractivity contribution is -0.138. The van der Waals surface area contributed by atoms with Gasteiger partial charge in [0.15, 0.2) is 0 Å². The van der Waals surface area contributed by atoms with Gasteiger partial charge in [0, 0.05) is 26.9 Å². The van der Waals surface area contributed by atoms with Crippen LogP contribution in [0.2, 0.25) is 0 Å². The highest BCUT2D eigenvalue weighted by molar-refractivity contribution is 5.75. The molecular formula is C12H18N2O3. The first kappa shape index (κ1) is 13.4. The van der Waals surface area contributed by atoms with Crippen LogP contribution in [0.25, 0.3) is 0 Å². The molecule has 0 aliphatic carbocycles. The highest BCUT2D eigenvalue weighted by Gasteiger charge is 2.14. The third kappa shape index (κ3) is 3.71. The fourth-order valence-corrected chi connectivity index (χ4v) is 1.36. The highest BCUT2D eigenvalue weighted by atomic mass is 16.5. The molecule has 0 bridgehead atoms. The van der Waals surface area contributed by atoms with Crippen molar-refractivity contribution in [3.05, 3.63) is 23.9 Å². The standard InChI is InChI=1S/C12H18N2O3/c1-9(12(15)16)10-4-5-11(13-8-10)14(2)6-7-17-3/h4-5,8-9H,6-7H2,1-3H3,(H,15,16). The summed E-state index contributed by atoms with van der Waals surface area (Å²) in [6.07, 6.45) is 1.61. The van der Waals surface area contributed by atoms with Crippen molar-refractivity contribution >= 4 is 11.8 Å². The summed E-state index contributed by atoms with van der Waals surface area (Å²) in [5.74, 6) is -0.559. The predicted octanol–water partition coefficient (Wildman–Crippen LogP) is 1.35. The van der Waals surface area contributed by atoms with E-state index < -0.39 is 11.9 Å². The molecular weight excluding hydrogens is 220 g/mol. The number of carboxylic acids is 1. The Bertz CT molecular complexity index is 365. The second kappa shape index (κ2) is 6.20. The maximum Gasteiger partial charge on any atom is 0.310 e. The lowest BCUT2D eigenvalue weighted by Crippen LogP contribution is -2.23. The van der Waals surface area contributed by atoms with Gasteiger partial charge in [-0.2, -0.15) is 0 Å². The number of aromatic nitrogens is 1. The van der Waals surface area contributed by atoms with E-state index in [0.717, 1.165) is 12.4 Å². The number of pyridine rings is 1. The summed E-state index contributed by atoms with van der Waals surface area (Å²) in [6.45, 7) is 3.02. The molecule has 17 heavy (non-hydrogen) atoms. The molecule has 1 atom stereocenters. The second-order valence-electron chi connectivity index (χ2n) is 3.92. The van der Waals surface area contributed by atoms with Gasteiger partial charge < -0.3 is 14.7 Å². The Morgan fingerprint density at radius 2 is 2.29 bits per heavy atom. The summed E-state index contributed by atoms with van der Waals surface area (Å²) in [7, 11) is 3.57. The molecule has 1 rings (SSSR count). The van der Waals surface area contributed by atoms with E-state index in [1.165, 1.54) is 0 Å². The lowest BCUT2D eigenvalue weighted by atomic mass is 10.0. The monoisotopic (exact) mass is 238 g/mol. The number of ether oxygens (including phenoxy) is 1. The van der Waals surface area contributed by atoms with Crippen LogP contribution in [-0.2, 0) is 9.53 Å². The molecule has 0 saturated heterocycles. The maximum atomic E-state index is 10.8. The Morgan fingerprint density at radius 3 is 2.76 bits per heavy atom. The zero-order chi connectivity index (χ0) is 12.8. The quantitative estimate of drug-likeness (QED) is 0.810. The topological polar surface area (TPSA) is 62.7 Å². The second-order valence-corrected chi connectivity index (χ2v) is 3.92. The van der Waals surface area contributed by atoms with Gasteiger partial charge in [0.2, 0.25) is 0 Å². The molecule has 0 spiro atoms. The number of methoxy groups -OCH3 is 1. The number of carbonyl (C=O) groups is 1. The number of carboxylic acid groups (broad SMARTS) is 1. The number of hydrogen-bond donors (Lipinski definition) is 1. The molecule has 5 heteroatoms. The van der Waals surface area contributed by atoms with Gasteiger partial charge in [-0.25, -0.2) is 4.98 Å². The van der Waals surface area contributed by atoms with Crippen LogP contribution in [0.1, 0.15) is 18.4 Å². The predicted molar refractivity (Wildman–Crippen MR) is 65.4 cm³/mol. The van der Waals surface area contributed by atoms with Gasteiger partial charge in [0.25, 0.3) is 0 Å². The molecule has 1 heterocycles. The maximum absolute atomic E-state index is 10.8. The van der Waals surface area contributed by atoms with Crippen LogP contribution in [0, 0.1) is 0 Å². The van der Waals surface area contributed by atoms with Crippen molar-refractivity contribution in [2.75, 3.05) is 32.2 Å². The number of hydrogen-bond acceptors (Lipinski definition) is 4. The molecule has 0 aromatic carbocycles. The van der Waals surface area contributed by atoms with E-state index in [4.69, 9.17) is 9.84 Å². The third-order valence-corrected chi connectivity index (χ3v) is 2.66. The summed E-state index contributed by atoms with van der Waals surface area (Å²) in [5, 5.41) is 8.88. The summed E-state index contributed by atoms with van der Waals surface area (Å²) in [4.78, 5) is 17.0. The van der Waals surface area contributed by atoms with Crippen LogP contribution in [0.15, 0.2) is 18.3 Å². The lowest BCUT2D eigenvalue weighted by Gasteiger charge is -2.18. The Labute approximate surface area is 101 Å². The van der Waals surface area contributed by atoms with E-state index in [1.807, 2.05) is 18.0 Å². The van der Waals surface area contributed by atoms with E-state index in [9.17, 15) is 4.79 Å². The van der Waals surface area contributed by atoms with Gasteiger partial charge in [-0.3, -0.25) is 4.79 Å². The van der Waals surface area contributed by atoms with Crippen molar-refractivity contribution < 1.29 is 14.6 Å². The van der Waals surface area contributed by atoms with Crippen molar-refractivity contribution in [2.24, 2.45) is 0 Å². The molecule has 0 saturated carbocycles. The first-order valence-corrected chi connectivity index (χ1v) is 5.45. The van der Waals surface area contributed by atoms with Crippen LogP contribution >= 0.6 is 0 Å². The molecule has 1 unspecified atom stereocenters. The molecule has 1 aromatic heterocycles. The van der Waals surface area contributed by atoms with E-state index in [0.29, 0.717) is 12.2 Å². The first-order valence-electron chi connectivity index (χ1n) is 5.45. The molecule has 0 radical (unpaired) electrons. The first-order chi connectivity index (χ1) is 8.06. The van der Waals surface area contributed by atoms with Gasteiger partial charge >= 0.3 is 5.97 Å². The van der Waals surface area contributed by atoms with E-state index in [2.05, 4.69) is 4.98 Å². The smallest absolute Gasteiger partial charge is 0.310 e. The number of nitrogens with zero attached hydrogens (tertiary/aromatic N) is 2. The summed E-state index contributed by atoms with van der Waals surface area (Å²) in [5.41, 5.74) is 0.710. The summed E-state index contributed by atoms with van der Waals surface area (Å²) in [6, 6.07) is 3.62. The minimum absolute atomic E-state index is 0.527. The zero-order valence-electron chi connectivity index (χ0n) is 10.4. The summed E-state index contributed by atoms with van der Waals surface area (Å²) >= 11 is 0. The molecule has 1 N–H and O–H groups in total. The van der Waals surface area contributed by atoms with Crippen molar-refractivity contribution in [1.82, 2.24) is 4.98 Å². The van der Waals surface area contributed by atoms with Crippen LogP contribution in [0.3, 0.4) is 0 Å². The largest absolute Gasteiger partial charge is 0.481 e. The Kier molecular flexibility index (Phi) is 4.90. The molecule has 5 nitrogen and oxygen atoms in total. The van der Waals surface area contributed by atoms with Crippen LogP contribution in [0.4, 0.5) is 5.82 Å². The Morgan fingerprint density at radius 1 is 1.59 bits per heavy atom.